The molecule has 1 atom stereocenters. The molecule has 8 heteroatoms. The van der Waals surface area contributed by atoms with Crippen LogP contribution in [-0.2, 0) is 10.0 Å². The van der Waals surface area contributed by atoms with Gasteiger partial charge in [-0.1, -0.05) is 12.2 Å². The molecule has 1 aromatic carbocycles. The third-order valence-corrected chi connectivity index (χ3v) is 4.85. The second kappa shape index (κ2) is 6.57. The van der Waals surface area contributed by atoms with Gasteiger partial charge in [0.05, 0.1) is 11.0 Å². The number of thiocarbonyl (C=S) groups is 1. The Morgan fingerprint density at radius 2 is 2.15 bits per heavy atom. The van der Waals surface area contributed by atoms with Gasteiger partial charge in [0.2, 0.25) is 10.0 Å². The molecule has 0 aliphatic rings. The van der Waals surface area contributed by atoms with Gasteiger partial charge in [-0.25, -0.2) is 17.1 Å². The summed E-state index contributed by atoms with van der Waals surface area (Å²) in [6.07, 6.45) is -0.299. The lowest BCUT2D eigenvalue weighted by atomic mass is 10.2. The van der Waals surface area contributed by atoms with Gasteiger partial charge in [-0.05, 0) is 31.5 Å². The zero-order valence-corrected chi connectivity index (χ0v) is 12.8. The molecule has 0 saturated heterocycles. The molecule has 112 valence electrons. The molecular formula is C12H17FN2O3S2. The summed E-state index contributed by atoms with van der Waals surface area (Å²) in [4.78, 5) is -0.291. The Labute approximate surface area is 123 Å². The highest BCUT2D eigenvalue weighted by Gasteiger charge is 2.22. The molecule has 0 heterocycles. The zero-order chi connectivity index (χ0) is 15.5. The van der Waals surface area contributed by atoms with Crippen molar-refractivity contribution in [2.45, 2.75) is 24.3 Å². The molecule has 0 aromatic heterocycles. The molecule has 0 saturated carbocycles. The highest BCUT2D eigenvalue weighted by molar-refractivity contribution is 7.89. The van der Waals surface area contributed by atoms with Crippen LogP contribution in [0.3, 0.4) is 0 Å². The summed E-state index contributed by atoms with van der Waals surface area (Å²) >= 11 is 4.68. The van der Waals surface area contributed by atoms with Gasteiger partial charge in [0, 0.05) is 19.2 Å². The minimum Gasteiger partial charge on any atom is -0.393 e. The van der Waals surface area contributed by atoms with Gasteiger partial charge < -0.3 is 10.8 Å². The van der Waals surface area contributed by atoms with E-state index < -0.39 is 21.9 Å². The minimum absolute atomic E-state index is 0.0882. The standard InChI is InChI=1S/C12H17FN2O3S2/c1-8(16)5-6-15(2)20(17,18)9-3-4-11(13)10(7-9)12(14)19/h3-4,7-8,16H,5-6H2,1-2H3,(H2,14,19). The number of rotatable bonds is 6. The average Bonchev–Trinajstić information content (AvgIpc) is 2.35. The van der Waals surface area contributed by atoms with Crippen LogP contribution >= 0.6 is 12.2 Å². The zero-order valence-electron chi connectivity index (χ0n) is 11.2. The van der Waals surface area contributed by atoms with E-state index in [0.717, 1.165) is 22.5 Å². The van der Waals surface area contributed by atoms with Crippen LogP contribution in [0, 0.1) is 5.82 Å². The highest BCUT2D eigenvalue weighted by atomic mass is 32.2. The fourth-order valence-electron chi connectivity index (χ4n) is 1.52. The first-order chi connectivity index (χ1) is 9.16. The van der Waals surface area contributed by atoms with Gasteiger partial charge >= 0.3 is 0 Å². The lowest BCUT2D eigenvalue weighted by Crippen LogP contribution is -2.30. The largest absolute Gasteiger partial charge is 0.393 e. The SMILES string of the molecule is CC(O)CCN(C)S(=O)(=O)c1ccc(F)c(C(N)=S)c1. The maximum absolute atomic E-state index is 13.5. The molecule has 20 heavy (non-hydrogen) atoms. The first-order valence-corrected chi connectivity index (χ1v) is 7.75. The van der Waals surface area contributed by atoms with Crippen LogP contribution in [0.1, 0.15) is 18.9 Å². The molecule has 1 unspecified atom stereocenters. The van der Waals surface area contributed by atoms with E-state index in [1.807, 2.05) is 0 Å². The molecule has 0 aliphatic heterocycles. The van der Waals surface area contributed by atoms with E-state index in [9.17, 15) is 17.9 Å². The van der Waals surface area contributed by atoms with E-state index in [1.165, 1.54) is 7.05 Å². The second-order valence-corrected chi connectivity index (χ2v) is 6.95. The van der Waals surface area contributed by atoms with Crippen molar-refractivity contribution in [3.63, 3.8) is 0 Å². The summed E-state index contributed by atoms with van der Waals surface area (Å²) in [6.45, 7) is 1.73. The van der Waals surface area contributed by atoms with Crippen molar-refractivity contribution in [1.29, 1.82) is 0 Å². The predicted molar refractivity (Wildman–Crippen MR) is 78.4 cm³/mol. The van der Waals surface area contributed by atoms with E-state index in [-0.39, 0.29) is 22.0 Å². The normalized spacial score (nSPS) is 13.4. The second-order valence-electron chi connectivity index (χ2n) is 4.47. The van der Waals surface area contributed by atoms with Crippen LogP contribution in [0.15, 0.2) is 23.1 Å². The molecule has 0 bridgehead atoms. The Kier molecular flexibility index (Phi) is 5.58. The Morgan fingerprint density at radius 1 is 1.55 bits per heavy atom. The summed E-state index contributed by atoms with van der Waals surface area (Å²) in [5.41, 5.74) is 5.24. The van der Waals surface area contributed by atoms with Crippen LogP contribution in [0.25, 0.3) is 0 Å². The van der Waals surface area contributed by atoms with Crippen molar-refractivity contribution in [2.75, 3.05) is 13.6 Å². The third kappa shape index (κ3) is 3.95. The first-order valence-electron chi connectivity index (χ1n) is 5.90. The van der Waals surface area contributed by atoms with Gasteiger partial charge in [0.15, 0.2) is 0 Å². The van der Waals surface area contributed by atoms with Gasteiger partial charge in [-0.15, -0.1) is 0 Å². The number of sulfonamides is 1. The van der Waals surface area contributed by atoms with Crippen LogP contribution in [0.5, 0.6) is 0 Å². The van der Waals surface area contributed by atoms with E-state index in [1.54, 1.807) is 6.92 Å². The monoisotopic (exact) mass is 320 g/mol. The molecule has 1 aromatic rings. The molecule has 0 fully saturated rings. The van der Waals surface area contributed by atoms with Crippen molar-refractivity contribution in [3.05, 3.63) is 29.6 Å². The van der Waals surface area contributed by atoms with Crippen LogP contribution in [0.4, 0.5) is 4.39 Å². The first kappa shape index (κ1) is 17.0. The van der Waals surface area contributed by atoms with Crippen molar-refractivity contribution < 1.29 is 17.9 Å². The number of hydrogen-bond acceptors (Lipinski definition) is 4. The Morgan fingerprint density at radius 3 is 2.65 bits per heavy atom. The van der Waals surface area contributed by atoms with E-state index in [2.05, 4.69) is 12.2 Å². The smallest absolute Gasteiger partial charge is 0.242 e. The molecule has 0 spiro atoms. The molecule has 3 N–H and O–H groups in total. The Bertz CT molecular complexity index is 603. The van der Waals surface area contributed by atoms with E-state index in [4.69, 9.17) is 5.73 Å². The number of benzene rings is 1. The number of aliphatic hydroxyl groups excluding tert-OH is 1. The molecular weight excluding hydrogens is 303 g/mol. The summed E-state index contributed by atoms with van der Waals surface area (Å²) in [7, 11) is -2.38. The predicted octanol–water partition coefficient (Wildman–Crippen LogP) is 0.851. The number of aliphatic hydroxyl groups is 1. The van der Waals surface area contributed by atoms with E-state index >= 15 is 0 Å². The maximum Gasteiger partial charge on any atom is 0.242 e. The fraction of sp³-hybridized carbons (Fsp3) is 0.417. The summed E-state index contributed by atoms with van der Waals surface area (Å²) in [5.74, 6) is -0.664. The topological polar surface area (TPSA) is 83.6 Å². The van der Waals surface area contributed by atoms with Crippen molar-refractivity contribution in [1.82, 2.24) is 4.31 Å². The van der Waals surface area contributed by atoms with Crippen LogP contribution in [0.2, 0.25) is 0 Å². The molecule has 0 radical (unpaired) electrons. The van der Waals surface area contributed by atoms with Crippen molar-refractivity contribution in [2.24, 2.45) is 5.73 Å². The lowest BCUT2D eigenvalue weighted by Gasteiger charge is -2.18. The van der Waals surface area contributed by atoms with Gasteiger partial charge in [0.1, 0.15) is 10.8 Å². The number of nitrogens with zero attached hydrogens (tertiary/aromatic N) is 1. The minimum atomic E-state index is -3.77. The number of nitrogens with two attached hydrogens (primary N) is 1. The number of hydrogen-bond donors (Lipinski definition) is 2. The van der Waals surface area contributed by atoms with Gasteiger partial charge in [-0.2, -0.15) is 0 Å². The summed E-state index contributed by atoms with van der Waals surface area (Å²) in [6, 6.07) is 3.29. The third-order valence-electron chi connectivity index (χ3n) is 2.77. The van der Waals surface area contributed by atoms with Gasteiger partial charge in [0.25, 0.3) is 0 Å². The average molecular weight is 320 g/mol. The maximum atomic E-state index is 13.5. The summed E-state index contributed by atoms with van der Waals surface area (Å²) in [5, 5.41) is 9.19. The Hall–Kier alpha value is -1.09. The van der Waals surface area contributed by atoms with Gasteiger partial charge in [-0.3, -0.25) is 0 Å². The highest BCUT2D eigenvalue weighted by Crippen LogP contribution is 2.18. The van der Waals surface area contributed by atoms with Crippen molar-refractivity contribution in [3.8, 4) is 0 Å². The van der Waals surface area contributed by atoms with Crippen LogP contribution in [-0.4, -0.2) is 42.5 Å². The molecule has 0 amide bonds. The molecule has 1 rings (SSSR count). The van der Waals surface area contributed by atoms with E-state index in [0.29, 0.717) is 6.42 Å². The quantitative estimate of drug-likeness (QED) is 0.759. The number of halogens is 1. The Balaban J connectivity index is 3.09. The lowest BCUT2D eigenvalue weighted by molar-refractivity contribution is 0.177. The van der Waals surface area contributed by atoms with Crippen LogP contribution < -0.4 is 5.73 Å². The molecule has 5 nitrogen and oxygen atoms in total. The fourth-order valence-corrected chi connectivity index (χ4v) is 2.89. The molecule has 0 aliphatic carbocycles. The summed E-state index contributed by atoms with van der Waals surface area (Å²) < 4.78 is 39.1. The van der Waals surface area contributed by atoms with Crippen molar-refractivity contribution >= 4 is 27.2 Å².